The maximum atomic E-state index is 12.4. The number of carbonyl (C=O) groups excluding carboxylic acids is 2. The lowest BCUT2D eigenvalue weighted by Gasteiger charge is -2.17. The maximum Gasteiger partial charge on any atom is 0.256 e. The van der Waals surface area contributed by atoms with Gasteiger partial charge < -0.3 is 10.2 Å². The van der Waals surface area contributed by atoms with E-state index >= 15 is 0 Å². The predicted octanol–water partition coefficient (Wildman–Crippen LogP) is 4.00. The van der Waals surface area contributed by atoms with Crippen LogP contribution >= 0.6 is 15.9 Å². The van der Waals surface area contributed by atoms with Gasteiger partial charge in [0.25, 0.3) is 5.91 Å². The molecule has 1 aliphatic carbocycles. The van der Waals surface area contributed by atoms with E-state index in [4.69, 9.17) is 0 Å². The van der Waals surface area contributed by atoms with Crippen LogP contribution in [0.5, 0.6) is 0 Å². The van der Waals surface area contributed by atoms with Crippen molar-refractivity contribution in [3.63, 3.8) is 0 Å². The van der Waals surface area contributed by atoms with E-state index in [0.29, 0.717) is 5.56 Å². The zero-order valence-electron chi connectivity index (χ0n) is 13.1. The highest BCUT2D eigenvalue weighted by molar-refractivity contribution is 9.10. The van der Waals surface area contributed by atoms with Crippen molar-refractivity contribution in [3.05, 3.63) is 58.1 Å². The van der Waals surface area contributed by atoms with Gasteiger partial charge in [-0.3, -0.25) is 9.59 Å². The second kappa shape index (κ2) is 6.06. The zero-order valence-corrected chi connectivity index (χ0v) is 14.7. The first-order chi connectivity index (χ1) is 11.6. The molecule has 1 heterocycles. The Kier molecular flexibility index (Phi) is 3.88. The summed E-state index contributed by atoms with van der Waals surface area (Å²) in [6.07, 6.45) is 2.88. The maximum absolute atomic E-state index is 12.4. The molecule has 0 spiro atoms. The van der Waals surface area contributed by atoms with E-state index in [2.05, 4.69) is 21.2 Å². The van der Waals surface area contributed by atoms with Crippen molar-refractivity contribution in [3.8, 4) is 0 Å². The fourth-order valence-electron chi connectivity index (χ4n) is 3.10. The largest absolute Gasteiger partial charge is 0.322 e. The van der Waals surface area contributed by atoms with Crippen LogP contribution in [0, 0.1) is 5.92 Å². The van der Waals surface area contributed by atoms with Crippen molar-refractivity contribution < 1.29 is 9.59 Å². The molecule has 4 nitrogen and oxygen atoms in total. The quantitative estimate of drug-likeness (QED) is 0.869. The third-order valence-electron chi connectivity index (χ3n) is 4.54. The van der Waals surface area contributed by atoms with Crippen molar-refractivity contribution in [2.24, 2.45) is 5.92 Å². The standard InChI is InChI=1S/C19H17BrN2O2/c20-16-4-2-1-3-15(16)18(23)21-14-7-8-17-13(11-14)9-10-22(17)19(24)12-5-6-12/h1-4,7-8,11-12H,5-6,9-10H2,(H,21,23). The predicted molar refractivity (Wildman–Crippen MR) is 97.3 cm³/mol. The summed E-state index contributed by atoms with van der Waals surface area (Å²) >= 11 is 3.40. The van der Waals surface area contributed by atoms with Gasteiger partial charge in [0.15, 0.2) is 0 Å². The van der Waals surface area contributed by atoms with Crippen LogP contribution in [0.3, 0.4) is 0 Å². The van der Waals surface area contributed by atoms with Crippen LogP contribution < -0.4 is 10.2 Å². The number of benzene rings is 2. The lowest BCUT2D eigenvalue weighted by atomic mass is 10.1. The lowest BCUT2D eigenvalue weighted by molar-refractivity contribution is -0.119. The number of amides is 2. The average Bonchev–Trinajstić information content (AvgIpc) is 3.34. The second-order valence-electron chi connectivity index (χ2n) is 6.29. The van der Waals surface area contributed by atoms with Crippen LogP contribution in [0.1, 0.15) is 28.8 Å². The first-order valence-electron chi connectivity index (χ1n) is 8.13. The molecule has 2 aromatic rings. The van der Waals surface area contributed by atoms with E-state index in [9.17, 15) is 9.59 Å². The van der Waals surface area contributed by atoms with Gasteiger partial charge >= 0.3 is 0 Å². The molecule has 4 rings (SSSR count). The van der Waals surface area contributed by atoms with Crippen molar-refractivity contribution in [1.29, 1.82) is 0 Å². The fraction of sp³-hybridized carbons (Fsp3) is 0.263. The molecular formula is C19H17BrN2O2. The van der Waals surface area contributed by atoms with Crippen LogP contribution in [0.4, 0.5) is 11.4 Å². The van der Waals surface area contributed by atoms with E-state index in [1.54, 1.807) is 6.07 Å². The molecule has 0 atom stereocenters. The summed E-state index contributed by atoms with van der Waals surface area (Å²) in [5.74, 6) is 0.329. The Morgan fingerprint density at radius 3 is 2.67 bits per heavy atom. The summed E-state index contributed by atoms with van der Waals surface area (Å²) in [5.41, 5.74) is 3.47. The third-order valence-corrected chi connectivity index (χ3v) is 5.24. The average molecular weight is 385 g/mol. The number of rotatable bonds is 3. The van der Waals surface area contributed by atoms with Crippen LogP contribution in [-0.2, 0) is 11.2 Å². The van der Waals surface area contributed by atoms with E-state index in [1.165, 1.54) is 0 Å². The number of anilines is 2. The number of halogens is 1. The van der Waals surface area contributed by atoms with Gasteiger partial charge in [-0.05, 0) is 71.1 Å². The second-order valence-corrected chi connectivity index (χ2v) is 7.15. The normalized spacial score (nSPS) is 16.0. The van der Waals surface area contributed by atoms with Crippen LogP contribution in [0.25, 0.3) is 0 Å². The number of hydrogen-bond donors (Lipinski definition) is 1. The third kappa shape index (κ3) is 2.84. The molecule has 1 aliphatic heterocycles. The number of hydrogen-bond acceptors (Lipinski definition) is 2. The smallest absolute Gasteiger partial charge is 0.256 e. The Morgan fingerprint density at radius 2 is 1.92 bits per heavy atom. The first-order valence-corrected chi connectivity index (χ1v) is 8.93. The summed E-state index contributed by atoms with van der Waals surface area (Å²) < 4.78 is 0.768. The van der Waals surface area contributed by atoms with Crippen molar-refractivity contribution >= 4 is 39.1 Å². The highest BCUT2D eigenvalue weighted by atomic mass is 79.9. The molecule has 2 aliphatic rings. The number of nitrogens with one attached hydrogen (secondary N) is 1. The van der Waals surface area contributed by atoms with Crippen LogP contribution in [0.15, 0.2) is 46.9 Å². The molecule has 1 saturated carbocycles. The molecular weight excluding hydrogens is 368 g/mol. The molecule has 1 N–H and O–H groups in total. The Bertz CT molecular complexity index is 830. The van der Waals surface area contributed by atoms with Gasteiger partial charge in [0.05, 0.1) is 5.56 Å². The molecule has 2 amide bonds. The number of carbonyl (C=O) groups is 2. The molecule has 0 aromatic heterocycles. The molecule has 0 radical (unpaired) electrons. The van der Waals surface area contributed by atoms with Crippen molar-refractivity contribution in [2.75, 3.05) is 16.8 Å². The van der Waals surface area contributed by atoms with Gasteiger partial charge in [-0.15, -0.1) is 0 Å². The van der Waals surface area contributed by atoms with Gasteiger partial charge in [0.2, 0.25) is 5.91 Å². The fourth-order valence-corrected chi connectivity index (χ4v) is 3.57. The summed E-state index contributed by atoms with van der Waals surface area (Å²) in [5, 5.41) is 2.94. The van der Waals surface area contributed by atoms with Crippen molar-refractivity contribution in [1.82, 2.24) is 0 Å². The highest BCUT2D eigenvalue weighted by Gasteiger charge is 2.36. The SMILES string of the molecule is O=C(Nc1ccc2c(c1)CCN2C(=O)C1CC1)c1ccccc1Br. The molecule has 0 saturated heterocycles. The summed E-state index contributed by atoms with van der Waals surface area (Å²) in [6, 6.07) is 13.1. The number of nitrogens with zero attached hydrogens (tertiary/aromatic N) is 1. The summed E-state index contributed by atoms with van der Waals surface area (Å²) in [6.45, 7) is 0.742. The minimum absolute atomic E-state index is 0.147. The monoisotopic (exact) mass is 384 g/mol. The first kappa shape index (κ1) is 15.4. The van der Waals surface area contributed by atoms with E-state index in [1.807, 2.05) is 41.3 Å². The van der Waals surface area contributed by atoms with Gasteiger partial charge in [0, 0.05) is 28.3 Å². The van der Waals surface area contributed by atoms with E-state index in [0.717, 1.165) is 47.2 Å². The Balaban J connectivity index is 1.53. The number of fused-ring (bicyclic) bond motifs is 1. The van der Waals surface area contributed by atoms with Crippen LogP contribution in [-0.4, -0.2) is 18.4 Å². The Morgan fingerprint density at radius 1 is 1.12 bits per heavy atom. The van der Waals surface area contributed by atoms with E-state index < -0.39 is 0 Å². The van der Waals surface area contributed by atoms with Gasteiger partial charge in [-0.1, -0.05) is 12.1 Å². The summed E-state index contributed by atoms with van der Waals surface area (Å²) in [4.78, 5) is 26.6. The lowest BCUT2D eigenvalue weighted by Crippen LogP contribution is -2.30. The van der Waals surface area contributed by atoms with Gasteiger partial charge in [0.1, 0.15) is 0 Å². The molecule has 2 aromatic carbocycles. The minimum Gasteiger partial charge on any atom is -0.322 e. The highest BCUT2D eigenvalue weighted by Crippen LogP contribution is 2.37. The molecule has 5 heteroatoms. The Labute approximate surface area is 149 Å². The topological polar surface area (TPSA) is 49.4 Å². The van der Waals surface area contributed by atoms with Crippen LogP contribution in [0.2, 0.25) is 0 Å². The Hall–Kier alpha value is -2.14. The summed E-state index contributed by atoms with van der Waals surface area (Å²) in [7, 11) is 0. The van der Waals surface area contributed by atoms with Gasteiger partial charge in [-0.25, -0.2) is 0 Å². The molecule has 122 valence electrons. The molecule has 0 unspecified atom stereocenters. The zero-order chi connectivity index (χ0) is 16.7. The van der Waals surface area contributed by atoms with Crippen molar-refractivity contribution in [2.45, 2.75) is 19.3 Å². The minimum atomic E-state index is -0.147. The van der Waals surface area contributed by atoms with E-state index in [-0.39, 0.29) is 17.7 Å². The van der Waals surface area contributed by atoms with Gasteiger partial charge in [-0.2, -0.15) is 0 Å². The molecule has 1 fully saturated rings. The molecule has 0 bridgehead atoms. The molecule has 24 heavy (non-hydrogen) atoms.